The van der Waals surface area contributed by atoms with Crippen molar-refractivity contribution < 1.29 is 9.59 Å². The Bertz CT molecular complexity index is 445. The number of nitrogens with two attached hydrogens (primary N) is 1. The molecule has 4 N–H and O–H groups in total. The molecule has 0 spiro atoms. The van der Waals surface area contributed by atoms with Gasteiger partial charge in [-0.05, 0) is 24.0 Å². The van der Waals surface area contributed by atoms with Crippen molar-refractivity contribution in [1.29, 1.82) is 0 Å². The number of primary amides is 1. The predicted octanol–water partition coefficient (Wildman–Crippen LogP) is 0.458. The molecule has 17 heavy (non-hydrogen) atoms. The molecule has 3 amide bonds. The van der Waals surface area contributed by atoms with Crippen molar-refractivity contribution in [3.8, 4) is 0 Å². The minimum absolute atomic E-state index is 0.0494. The highest BCUT2D eigenvalue weighted by molar-refractivity contribution is 5.83. The summed E-state index contributed by atoms with van der Waals surface area (Å²) in [5.74, 6) is -0.217. The van der Waals surface area contributed by atoms with Gasteiger partial charge >= 0.3 is 6.03 Å². The van der Waals surface area contributed by atoms with Gasteiger partial charge in [-0.1, -0.05) is 24.3 Å². The van der Waals surface area contributed by atoms with Gasteiger partial charge in [0.2, 0.25) is 5.91 Å². The number of amides is 3. The second-order valence-electron chi connectivity index (χ2n) is 4.08. The first-order chi connectivity index (χ1) is 8.16. The Hall–Kier alpha value is -2.04. The minimum atomic E-state index is -0.688. The monoisotopic (exact) mass is 233 g/mol. The van der Waals surface area contributed by atoms with Crippen molar-refractivity contribution in [2.45, 2.75) is 18.9 Å². The molecule has 1 aromatic carbocycles. The summed E-state index contributed by atoms with van der Waals surface area (Å²) in [4.78, 5) is 22.0. The standard InChI is InChI=1S/C12H15N3O2/c13-12(17)14-7-11(16)15-10-6-5-8-3-1-2-4-9(8)10/h1-4,10H,5-7H2,(H,15,16)(H3,13,14,17). The van der Waals surface area contributed by atoms with Crippen LogP contribution in [0.3, 0.4) is 0 Å². The summed E-state index contributed by atoms with van der Waals surface area (Å²) in [6.45, 7) is -0.0754. The lowest BCUT2D eigenvalue weighted by molar-refractivity contribution is -0.120. The summed E-state index contributed by atoms with van der Waals surface area (Å²) in [7, 11) is 0. The second kappa shape index (κ2) is 4.86. The normalized spacial score (nSPS) is 17.3. The van der Waals surface area contributed by atoms with Crippen LogP contribution in [0.5, 0.6) is 0 Å². The zero-order valence-corrected chi connectivity index (χ0v) is 9.40. The number of hydrogen-bond donors (Lipinski definition) is 3. The van der Waals surface area contributed by atoms with Crippen LogP contribution in [0.2, 0.25) is 0 Å². The van der Waals surface area contributed by atoms with Crippen molar-refractivity contribution in [1.82, 2.24) is 10.6 Å². The summed E-state index contributed by atoms with van der Waals surface area (Å²) in [6.07, 6.45) is 1.88. The van der Waals surface area contributed by atoms with Crippen LogP contribution in [0.25, 0.3) is 0 Å². The minimum Gasteiger partial charge on any atom is -0.352 e. The molecule has 0 radical (unpaired) electrons. The van der Waals surface area contributed by atoms with Crippen LogP contribution in [0.1, 0.15) is 23.6 Å². The van der Waals surface area contributed by atoms with Crippen LogP contribution in [0.4, 0.5) is 4.79 Å². The number of carbonyl (C=O) groups excluding carboxylic acids is 2. The number of aryl methyl sites for hydroxylation is 1. The Morgan fingerprint density at radius 2 is 2.12 bits per heavy atom. The van der Waals surface area contributed by atoms with Gasteiger partial charge in [0.1, 0.15) is 0 Å². The summed E-state index contributed by atoms with van der Waals surface area (Å²) in [5.41, 5.74) is 7.34. The van der Waals surface area contributed by atoms with E-state index in [9.17, 15) is 9.59 Å². The predicted molar refractivity (Wildman–Crippen MR) is 63.2 cm³/mol. The number of hydrogen-bond acceptors (Lipinski definition) is 2. The summed E-state index contributed by atoms with van der Waals surface area (Å²) in [6, 6.07) is 7.42. The van der Waals surface area contributed by atoms with Crippen LogP contribution in [0.15, 0.2) is 24.3 Å². The highest BCUT2D eigenvalue weighted by atomic mass is 16.2. The maximum absolute atomic E-state index is 11.5. The van der Waals surface area contributed by atoms with Crippen molar-refractivity contribution in [3.63, 3.8) is 0 Å². The quantitative estimate of drug-likeness (QED) is 0.708. The van der Waals surface area contributed by atoms with E-state index in [0.717, 1.165) is 12.8 Å². The van der Waals surface area contributed by atoms with Crippen LogP contribution in [0, 0.1) is 0 Å². The van der Waals surface area contributed by atoms with E-state index in [2.05, 4.69) is 16.7 Å². The number of rotatable bonds is 3. The van der Waals surface area contributed by atoms with E-state index in [1.165, 1.54) is 11.1 Å². The second-order valence-corrected chi connectivity index (χ2v) is 4.08. The SMILES string of the molecule is NC(=O)NCC(=O)NC1CCc2ccccc21. The fraction of sp³-hybridized carbons (Fsp3) is 0.333. The smallest absolute Gasteiger partial charge is 0.312 e. The fourth-order valence-corrected chi connectivity index (χ4v) is 2.12. The Morgan fingerprint density at radius 1 is 1.35 bits per heavy atom. The summed E-state index contributed by atoms with van der Waals surface area (Å²) < 4.78 is 0. The van der Waals surface area contributed by atoms with Gasteiger partial charge in [0.15, 0.2) is 0 Å². The molecule has 0 aromatic heterocycles. The molecule has 0 saturated heterocycles. The molecule has 5 heteroatoms. The van der Waals surface area contributed by atoms with E-state index >= 15 is 0 Å². The first-order valence-corrected chi connectivity index (χ1v) is 5.57. The summed E-state index contributed by atoms with van der Waals surface area (Å²) in [5, 5.41) is 5.15. The average molecular weight is 233 g/mol. The fourth-order valence-electron chi connectivity index (χ4n) is 2.12. The van der Waals surface area contributed by atoms with Gasteiger partial charge in [-0.25, -0.2) is 4.79 Å². The lowest BCUT2D eigenvalue weighted by Crippen LogP contribution is -2.40. The first kappa shape index (κ1) is 11.4. The zero-order valence-electron chi connectivity index (χ0n) is 9.40. The molecule has 0 bridgehead atoms. The molecule has 90 valence electrons. The third-order valence-electron chi connectivity index (χ3n) is 2.89. The van der Waals surface area contributed by atoms with Crippen LogP contribution < -0.4 is 16.4 Å². The molecule has 1 aliphatic carbocycles. The Balaban J connectivity index is 1.93. The third-order valence-corrected chi connectivity index (χ3v) is 2.89. The Labute approximate surface area is 99.4 Å². The number of nitrogens with one attached hydrogen (secondary N) is 2. The number of urea groups is 1. The molecular formula is C12H15N3O2. The van der Waals surface area contributed by atoms with E-state index < -0.39 is 6.03 Å². The molecule has 1 atom stereocenters. The van der Waals surface area contributed by atoms with E-state index in [4.69, 9.17) is 5.73 Å². The molecule has 0 aliphatic heterocycles. The van der Waals surface area contributed by atoms with E-state index in [1.54, 1.807) is 0 Å². The average Bonchev–Trinajstić information content (AvgIpc) is 2.70. The maximum atomic E-state index is 11.5. The van der Waals surface area contributed by atoms with Gasteiger partial charge in [0, 0.05) is 0 Å². The van der Waals surface area contributed by atoms with Gasteiger partial charge in [-0.2, -0.15) is 0 Å². The highest BCUT2D eigenvalue weighted by Crippen LogP contribution is 2.30. The van der Waals surface area contributed by atoms with Crippen molar-refractivity contribution in [2.75, 3.05) is 6.54 Å². The first-order valence-electron chi connectivity index (χ1n) is 5.57. The molecular weight excluding hydrogens is 218 g/mol. The number of benzene rings is 1. The largest absolute Gasteiger partial charge is 0.352 e. The van der Waals surface area contributed by atoms with Crippen LogP contribution >= 0.6 is 0 Å². The molecule has 1 aliphatic rings. The van der Waals surface area contributed by atoms with Gasteiger partial charge in [-0.3, -0.25) is 4.79 Å². The lowest BCUT2D eigenvalue weighted by Gasteiger charge is -2.14. The Morgan fingerprint density at radius 3 is 2.88 bits per heavy atom. The maximum Gasteiger partial charge on any atom is 0.312 e. The molecule has 0 saturated carbocycles. The summed E-state index contributed by atoms with van der Waals surface area (Å²) >= 11 is 0. The van der Waals surface area contributed by atoms with Gasteiger partial charge < -0.3 is 16.4 Å². The molecule has 0 fully saturated rings. The highest BCUT2D eigenvalue weighted by Gasteiger charge is 2.23. The lowest BCUT2D eigenvalue weighted by atomic mass is 10.1. The molecule has 5 nitrogen and oxygen atoms in total. The van der Waals surface area contributed by atoms with Gasteiger partial charge in [-0.15, -0.1) is 0 Å². The van der Waals surface area contributed by atoms with Gasteiger partial charge in [0.05, 0.1) is 12.6 Å². The molecule has 0 heterocycles. The third kappa shape index (κ3) is 2.75. The Kier molecular flexibility index (Phi) is 3.27. The molecule has 2 rings (SSSR count). The topological polar surface area (TPSA) is 84.2 Å². The number of carbonyl (C=O) groups is 2. The van der Waals surface area contributed by atoms with E-state index in [0.29, 0.717) is 0 Å². The molecule has 1 unspecified atom stereocenters. The van der Waals surface area contributed by atoms with Gasteiger partial charge in [0.25, 0.3) is 0 Å². The molecule has 1 aromatic rings. The van der Waals surface area contributed by atoms with E-state index in [1.807, 2.05) is 18.2 Å². The van der Waals surface area contributed by atoms with Crippen LogP contribution in [-0.4, -0.2) is 18.5 Å². The van der Waals surface area contributed by atoms with Crippen LogP contribution in [-0.2, 0) is 11.2 Å². The zero-order chi connectivity index (χ0) is 12.3. The van der Waals surface area contributed by atoms with Crippen molar-refractivity contribution in [3.05, 3.63) is 35.4 Å². The number of fused-ring (bicyclic) bond motifs is 1. The van der Waals surface area contributed by atoms with Crippen molar-refractivity contribution in [2.24, 2.45) is 5.73 Å². The van der Waals surface area contributed by atoms with E-state index in [-0.39, 0.29) is 18.5 Å². The van der Waals surface area contributed by atoms with Crippen molar-refractivity contribution >= 4 is 11.9 Å².